The first-order valence-corrected chi connectivity index (χ1v) is 6.36. The van der Waals surface area contributed by atoms with Crippen LogP contribution in [0.15, 0.2) is 4.99 Å². The third-order valence-electron chi connectivity index (χ3n) is 2.43. The van der Waals surface area contributed by atoms with Crippen molar-refractivity contribution in [2.75, 3.05) is 6.54 Å². The maximum absolute atomic E-state index is 4.71. The highest BCUT2D eigenvalue weighted by molar-refractivity contribution is 5.82. The first kappa shape index (κ1) is 14.5. The molecule has 0 aliphatic heterocycles. The van der Waals surface area contributed by atoms with Gasteiger partial charge >= 0.3 is 0 Å². The molecule has 0 bridgehead atoms. The van der Waals surface area contributed by atoms with E-state index in [0.717, 1.165) is 13.0 Å². The zero-order valence-corrected chi connectivity index (χ0v) is 11.4. The molecule has 0 heterocycles. The molecule has 0 aromatic heterocycles. The van der Waals surface area contributed by atoms with Crippen LogP contribution < -0.4 is 0 Å². The summed E-state index contributed by atoms with van der Waals surface area (Å²) in [6.45, 7) is 14.4. The summed E-state index contributed by atoms with van der Waals surface area (Å²) in [5.41, 5.74) is 0. The molecule has 0 fully saturated rings. The van der Waals surface area contributed by atoms with Gasteiger partial charge in [0, 0.05) is 25.0 Å². The molecule has 0 N–H and O–H groups in total. The molecule has 0 atom stereocenters. The minimum absolute atomic E-state index is 0.405. The molecule has 90 valence electrons. The van der Waals surface area contributed by atoms with Crippen LogP contribution in [0.4, 0.5) is 0 Å². The Hall–Kier alpha value is -0.530. The fourth-order valence-corrected chi connectivity index (χ4v) is 1.68. The Morgan fingerprint density at radius 2 is 1.73 bits per heavy atom. The molecule has 0 saturated heterocycles. The molecule has 0 aliphatic carbocycles. The Balaban J connectivity index is 4.55. The van der Waals surface area contributed by atoms with Crippen LogP contribution in [0.2, 0.25) is 0 Å². The average molecular weight is 212 g/mol. The van der Waals surface area contributed by atoms with Crippen LogP contribution in [0.25, 0.3) is 0 Å². The Kier molecular flexibility index (Phi) is 7.45. The van der Waals surface area contributed by atoms with Crippen LogP contribution in [0, 0.1) is 0 Å². The van der Waals surface area contributed by atoms with Crippen LogP contribution in [-0.2, 0) is 0 Å². The van der Waals surface area contributed by atoms with Crippen molar-refractivity contribution in [1.82, 2.24) is 4.90 Å². The monoisotopic (exact) mass is 212 g/mol. The quantitative estimate of drug-likeness (QED) is 0.484. The van der Waals surface area contributed by atoms with E-state index in [2.05, 4.69) is 46.4 Å². The summed E-state index contributed by atoms with van der Waals surface area (Å²) in [4.78, 5) is 7.16. The normalized spacial score (nSPS) is 12.7. The maximum atomic E-state index is 4.71. The highest BCUT2D eigenvalue weighted by atomic mass is 15.2. The van der Waals surface area contributed by atoms with E-state index in [1.807, 2.05) is 0 Å². The smallest absolute Gasteiger partial charge is 0.0991 e. The van der Waals surface area contributed by atoms with E-state index in [9.17, 15) is 0 Å². The number of hydrogen-bond acceptors (Lipinski definition) is 1. The van der Waals surface area contributed by atoms with Gasteiger partial charge in [-0.2, -0.15) is 0 Å². The molecular formula is C13H28N2. The Bertz CT molecular complexity index is 183. The van der Waals surface area contributed by atoms with Crippen molar-refractivity contribution in [3.05, 3.63) is 0 Å². The topological polar surface area (TPSA) is 15.6 Å². The minimum atomic E-state index is 0.405. The lowest BCUT2D eigenvalue weighted by atomic mass is 10.2. The SMILES string of the molecule is CCCCN(C(CC)=NC(C)C)C(C)C. The highest BCUT2D eigenvalue weighted by Gasteiger charge is 2.12. The van der Waals surface area contributed by atoms with E-state index in [-0.39, 0.29) is 0 Å². The number of unbranched alkanes of at least 4 members (excludes halogenated alkanes) is 1. The molecule has 0 aromatic rings. The van der Waals surface area contributed by atoms with Crippen molar-refractivity contribution in [3.63, 3.8) is 0 Å². The van der Waals surface area contributed by atoms with E-state index < -0.39 is 0 Å². The van der Waals surface area contributed by atoms with Gasteiger partial charge in [-0.1, -0.05) is 20.3 Å². The minimum Gasteiger partial charge on any atom is -0.358 e. The predicted molar refractivity (Wildman–Crippen MR) is 69.6 cm³/mol. The van der Waals surface area contributed by atoms with Gasteiger partial charge < -0.3 is 4.90 Å². The fourth-order valence-electron chi connectivity index (χ4n) is 1.68. The largest absolute Gasteiger partial charge is 0.358 e. The second kappa shape index (κ2) is 7.72. The zero-order chi connectivity index (χ0) is 11.8. The summed E-state index contributed by atoms with van der Waals surface area (Å²) < 4.78 is 0. The van der Waals surface area contributed by atoms with Crippen LogP contribution in [0.5, 0.6) is 0 Å². The Labute approximate surface area is 95.8 Å². The standard InChI is InChI=1S/C13H28N2/c1-7-9-10-15(12(5)6)13(8-2)14-11(3)4/h11-12H,7-10H2,1-6H3. The van der Waals surface area contributed by atoms with Crippen LogP contribution in [0.3, 0.4) is 0 Å². The highest BCUT2D eigenvalue weighted by Crippen LogP contribution is 2.07. The third kappa shape index (κ3) is 5.81. The summed E-state index contributed by atoms with van der Waals surface area (Å²) >= 11 is 0. The number of amidine groups is 1. The zero-order valence-electron chi connectivity index (χ0n) is 11.4. The van der Waals surface area contributed by atoms with Gasteiger partial charge in [-0.3, -0.25) is 4.99 Å². The molecule has 0 aliphatic rings. The van der Waals surface area contributed by atoms with Gasteiger partial charge in [0.2, 0.25) is 0 Å². The number of aliphatic imine (C=N–C) groups is 1. The van der Waals surface area contributed by atoms with Crippen molar-refractivity contribution < 1.29 is 0 Å². The predicted octanol–water partition coefficient (Wildman–Crippen LogP) is 3.71. The summed E-state index contributed by atoms with van der Waals surface area (Å²) in [5.74, 6) is 1.27. The molecule has 0 unspecified atom stereocenters. The Morgan fingerprint density at radius 1 is 1.13 bits per heavy atom. The third-order valence-corrected chi connectivity index (χ3v) is 2.43. The second-order valence-corrected chi connectivity index (χ2v) is 4.63. The molecule has 0 aromatic carbocycles. The van der Waals surface area contributed by atoms with Crippen molar-refractivity contribution >= 4 is 5.84 Å². The van der Waals surface area contributed by atoms with Gasteiger partial charge in [-0.05, 0) is 34.1 Å². The van der Waals surface area contributed by atoms with Gasteiger partial charge in [0.15, 0.2) is 0 Å². The van der Waals surface area contributed by atoms with Crippen molar-refractivity contribution in [3.8, 4) is 0 Å². The molecule has 0 amide bonds. The van der Waals surface area contributed by atoms with Gasteiger partial charge in [0.1, 0.15) is 0 Å². The van der Waals surface area contributed by atoms with E-state index in [1.54, 1.807) is 0 Å². The summed E-state index contributed by atoms with van der Waals surface area (Å²) in [6, 6.07) is 0.969. The lowest BCUT2D eigenvalue weighted by Gasteiger charge is -2.30. The van der Waals surface area contributed by atoms with Crippen molar-refractivity contribution in [2.45, 2.75) is 72.9 Å². The van der Waals surface area contributed by atoms with Gasteiger partial charge in [-0.15, -0.1) is 0 Å². The van der Waals surface area contributed by atoms with E-state index in [4.69, 9.17) is 4.99 Å². The number of hydrogen-bond donors (Lipinski definition) is 0. The van der Waals surface area contributed by atoms with Crippen LogP contribution >= 0.6 is 0 Å². The van der Waals surface area contributed by atoms with Gasteiger partial charge in [0.25, 0.3) is 0 Å². The molecule has 15 heavy (non-hydrogen) atoms. The lowest BCUT2D eigenvalue weighted by molar-refractivity contribution is 0.335. The fraction of sp³-hybridized carbons (Fsp3) is 0.923. The summed E-state index contributed by atoms with van der Waals surface area (Å²) in [5, 5.41) is 0. The van der Waals surface area contributed by atoms with Crippen molar-refractivity contribution in [2.24, 2.45) is 4.99 Å². The first-order chi connectivity index (χ1) is 7.02. The summed E-state index contributed by atoms with van der Waals surface area (Å²) in [7, 11) is 0. The van der Waals surface area contributed by atoms with E-state index in [1.165, 1.54) is 18.7 Å². The lowest BCUT2D eigenvalue weighted by Crippen LogP contribution is -2.38. The molecule has 2 nitrogen and oxygen atoms in total. The van der Waals surface area contributed by atoms with Crippen LogP contribution in [-0.4, -0.2) is 29.4 Å². The second-order valence-electron chi connectivity index (χ2n) is 4.63. The molecule has 0 radical (unpaired) electrons. The molecule has 2 heteroatoms. The van der Waals surface area contributed by atoms with Gasteiger partial charge in [0.05, 0.1) is 5.84 Å². The maximum Gasteiger partial charge on any atom is 0.0991 e. The first-order valence-electron chi connectivity index (χ1n) is 6.36. The Morgan fingerprint density at radius 3 is 2.07 bits per heavy atom. The molecule has 0 rings (SSSR count). The number of rotatable bonds is 6. The number of nitrogens with zero attached hydrogens (tertiary/aromatic N) is 2. The molecule has 0 saturated carbocycles. The average Bonchev–Trinajstić information content (AvgIpc) is 2.15. The van der Waals surface area contributed by atoms with Gasteiger partial charge in [-0.25, -0.2) is 0 Å². The van der Waals surface area contributed by atoms with Crippen molar-refractivity contribution in [1.29, 1.82) is 0 Å². The van der Waals surface area contributed by atoms with E-state index >= 15 is 0 Å². The molecule has 0 spiro atoms. The summed E-state index contributed by atoms with van der Waals surface area (Å²) in [6.07, 6.45) is 3.55. The van der Waals surface area contributed by atoms with E-state index in [0.29, 0.717) is 12.1 Å². The van der Waals surface area contributed by atoms with Crippen LogP contribution in [0.1, 0.15) is 60.8 Å². The molecular weight excluding hydrogens is 184 g/mol.